The molecule has 1 aliphatic carbocycles. The van der Waals surface area contributed by atoms with Crippen LogP contribution in [0.2, 0.25) is 0 Å². The minimum absolute atomic E-state index is 0.685. The van der Waals surface area contributed by atoms with Crippen LogP contribution in [0.4, 0.5) is 0 Å². The average molecular weight is 259 g/mol. The Kier molecular flexibility index (Phi) is 5.91. The molecule has 1 aliphatic rings. The van der Waals surface area contributed by atoms with E-state index in [0.29, 0.717) is 6.04 Å². The first-order valence-electron chi connectivity index (χ1n) is 8.17. The number of hydrogen-bond acceptors (Lipinski definition) is 1. The zero-order chi connectivity index (χ0) is 13.5. The first-order valence-corrected chi connectivity index (χ1v) is 8.17. The normalized spacial score (nSPS) is 24.1. The Labute approximate surface area is 118 Å². The van der Waals surface area contributed by atoms with Gasteiger partial charge in [-0.3, -0.25) is 0 Å². The molecule has 1 heteroatoms. The van der Waals surface area contributed by atoms with Gasteiger partial charge in [0, 0.05) is 6.04 Å². The summed E-state index contributed by atoms with van der Waals surface area (Å²) in [6.07, 6.45) is 9.35. The molecule has 2 atom stereocenters. The average Bonchev–Trinajstić information content (AvgIpc) is 2.65. The van der Waals surface area contributed by atoms with Crippen molar-refractivity contribution in [3.63, 3.8) is 0 Å². The van der Waals surface area contributed by atoms with Crippen LogP contribution < -0.4 is 5.32 Å². The Hall–Kier alpha value is -0.820. The number of rotatable bonds is 5. The standard InChI is InChI=1S/C18H29N/c1-3-9-15-10-8-11-16(14-15)17-12-6-5-7-13-18(17)19-4-2/h8,10-11,14,17-19H,3-7,9,12-13H2,1-2H3. The van der Waals surface area contributed by atoms with E-state index >= 15 is 0 Å². The maximum atomic E-state index is 3.72. The van der Waals surface area contributed by atoms with E-state index in [1.165, 1.54) is 50.5 Å². The maximum absolute atomic E-state index is 3.72. The van der Waals surface area contributed by atoms with E-state index in [9.17, 15) is 0 Å². The van der Waals surface area contributed by atoms with E-state index in [-0.39, 0.29) is 0 Å². The lowest BCUT2D eigenvalue weighted by Crippen LogP contribution is -2.34. The van der Waals surface area contributed by atoms with Crippen molar-refractivity contribution in [3.8, 4) is 0 Å². The van der Waals surface area contributed by atoms with Gasteiger partial charge in [-0.2, -0.15) is 0 Å². The van der Waals surface area contributed by atoms with Crippen LogP contribution in [0, 0.1) is 0 Å². The molecule has 0 heterocycles. The van der Waals surface area contributed by atoms with Gasteiger partial charge < -0.3 is 5.32 Å². The fourth-order valence-corrected chi connectivity index (χ4v) is 3.48. The van der Waals surface area contributed by atoms with E-state index in [2.05, 4.69) is 43.4 Å². The van der Waals surface area contributed by atoms with Crippen molar-refractivity contribution < 1.29 is 0 Å². The highest BCUT2D eigenvalue weighted by Crippen LogP contribution is 2.32. The van der Waals surface area contributed by atoms with Crippen LogP contribution >= 0.6 is 0 Å². The van der Waals surface area contributed by atoms with Crippen molar-refractivity contribution in [3.05, 3.63) is 35.4 Å². The topological polar surface area (TPSA) is 12.0 Å². The summed E-state index contributed by atoms with van der Waals surface area (Å²) in [4.78, 5) is 0. The molecule has 0 spiro atoms. The van der Waals surface area contributed by atoms with Crippen molar-refractivity contribution in [2.24, 2.45) is 0 Å². The second-order valence-corrected chi connectivity index (χ2v) is 5.90. The molecule has 1 aromatic rings. The number of hydrogen-bond donors (Lipinski definition) is 1. The molecule has 106 valence electrons. The lowest BCUT2D eigenvalue weighted by atomic mass is 9.86. The van der Waals surface area contributed by atoms with Crippen LogP contribution in [-0.2, 0) is 6.42 Å². The number of nitrogens with one attached hydrogen (secondary N) is 1. The zero-order valence-corrected chi connectivity index (χ0v) is 12.6. The molecule has 1 fully saturated rings. The SMILES string of the molecule is CCCc1cccc(C2CCCCCC2NCC)c1. The van der Waals surface area contributed by atoms with E-state index in [1.807, 2.05) is 0 Å². The molecule has 0 aliphatic heterocycles. The third kappa shape index (κ3) is 4.07. The van der Waals surface area contributed by atoms with Gasteiger partial charge in [0.15, 0.2) is 0 Å². The largest absolute Gasteiger partial charge is 0.314 e. The van der Waals surface area contributed by atoms with Crippen molar-refractivity contribution >= 4 is 0 Å². The summed E-state index contributed by atoms with van der Waals surface area (Å²) >= 11 is 0. The molecule has 1 saturated carbocycles. The molecule has 0 aromatic heterocycles. The van der Waals surface area contributed by atoms with E-state index in [4.69, 9.17) is 0 Å². The molecule has 2 rings (SSSR count). The second-order valence-electron chi connectivity index (χ2n) is 5.90. The van der Waals surface area contributed by atoms with Crippen LogP contribution in [0.5, 0.6) is 0 Å². The summed E-state index contributed by atoms with van der Waals surface area (Å²) in [6.45, 7) is 5.59. The molecule has 2 unspecified atom stereocenters. The van der Waals surface area contributed by atoms with Gasteiger partial charge in [0.1, 0.15) is 0 Å². The third-order valence-corrected chi connectivity index (χ3v) is 4.40. The Morgan fingerprint density at radius 1 is 1.11 bits per heavy atom. The monoisotopic (exact) mass is 259 g/mol. The van der Waals surface area contributed by atoms with Gasteiger partial charge in [0.05, 0.1) is 0 Å². The predicted octanol–water partition coefficient (Wildman–Crippen LogP) is 4.66. The van der Waals surface area contributed by atoms with Gasteiger partial charge in [-0.05, 0) is 42.9 Å². The molecule has 1 aromatic carbocycles. The fraction of sp³-hybridized carbons (Fsp3) is 0.667. The Morgan fingerprint density at radius 2 is 1.95 bits per heavy atom. The Balaban J connectivity index is 2.17. The van der Waals surface area contributed by atoms with Crippen LogP contribution in [-0.4, -0.2) is 12.6 Å². The van der Waals surface area contributed by atoms with Gasteiger partial charge in [-0.1, -0.05) is 63.8 Å². The lowest BCUT2D eigenvalue weighted by Gasteiger charge is -2.26. The van der Waals surface area contributed by atoms with Crippen molar-refractivity contribution in [2.75, 3.05) is 6.54 Å². The van der Waals surface area contributed by atoms with Crippen LogP contribution in [0.3, 0.4) is 0 Å². The summed E-state index contributed by atoms with van der Waals surface area (Å²) in [5, 5.41) is 3.72. The maximum Gasteiger partial charge on any atom is 0.0136 e. The van der Waals surface area contributed by atoms with Crippen LogP contribution in [0.25, 0.3) is 0 Å². The Morgan fingerprint density at radius 3 is 2.74 bits per heavy atom. The quantitative estimate of drug-likeness (QED) is 0.758. The van der Waals surface area contributed by atoms with Crippen LogP contribution in [0.15, 0.2) is 24.3 Å². The predicted molar refractivity (Wildman–Crippen MR) is 83.7 cm³/mol. The van der Waals surface area contributed by atoms with E-state index in [0.717, 1.165) is 12.5 Å². The molecule has 0 saturated heterocycles. The molecule has 1 nitrogen and oxygen atoms in total. The minimum Gasteiger partial charge on any atom is -0.314 e. The van der Waals surface area contributed by atoms with Gasteiger partial charge in [0.25, 0.3) is 0 Å². The second kappa shape index (κ2) is 7.69. The molecule has 0 amide bonds. The van der Waals surface area contributed by atoms with Gasteiger partial charge >= 0.3 is 0 Å². The van der Waals surface area contributed by atoms with E-state index in [1.54, 1.807) is 5.56 Å². The molecular formula is C18H29N. The van der Waals surface area contributed by atoms with Crippen molar-refractivity contribution in [1.29, 1.82) is 0 Å². The first kappa shape index (κ1) is 14.6. The number of aryl methyl sites for hydroxylation is 1. The molecule has 19 heavy (non-hydrogen) atoms. The highest BCUT2D eigenvalue weighted by Gasteiger charge is 2.24. The highest BCUT2D eigenvalue weighted by molar-refractivity contribution is 5.28. The first-order chi connectivity index (χ1) is 9.35. The molecule has 0 radical (unpaired) electrons. The van der Waals surface area contributed by atoms with E-state index < -0.39 is 0 Å². The lowest BCUT2D eigenvalue weighted by molar-refractivity contribution is 0.419. The molecular weight excluding hydrogens is 230 g/mol. The van der Waals surface area contributed by atoms with Crippen LogP contribution in [0.1, 0.15) is 69.4 Å². The third-order valence-electron chi connectivity index (χ3n) is 4.40. The molecule has 1 N–H and O–H groups in total. The summed E-state index contributed by atoms with van der Waals surface area (Å²) in [6, 6.07) is 10.0. The summed E-state index contributed by atoms with van der Waals surface area (Å²) < 4.78 is 0. The highest BCUT2D eigenvalue weighted by atomic mass is 14.9. The fourth-order valence-electron chi connectivity index (χ4n) is 3.48. The zero-order valence-electron chi connectivity index (χ0n) is 12.6. The van der Waals surface area contributed by atoms with Gasteiger partial charge in [-0.15, -0.1) is 0 Å². The van der Waals surface area contributed by atoms with Crippen molar-refractivity contribution in [1.82, 2.24) is 5.32 Å². The molecule has 0 bridgehead atoms. The number of likely N-dealkylation sites (N-methyl/N-ethyl adjacent to an activating group) is 1. The Bertz CT molecular complexity index is 372. The smallest absolute Gasteiger partial charge is 0.0136 e. The van der Waals surface area contributed by atoms with Crippen molar-refractivity contribution in [2.45, 2.75) is 70.8 Å². The summed E-state index contributed by atoms with van der Waals surface area (Å²) in [7, 11) is 0. The summed E-state index contributed by atoms with van der Waals surface area (Å²) in [5.74, 6) is 0.722. The van der Waals surface area contributed by atoms with Gasteiger partial charge in [-0.25, -0.2) is 0 Å². The minimum atomic E-state index is 0.685. The van der Waals surface area contributed by atoms with Gasteiger partial charge in [0.2, 0.25) is 0 Å². The number of benzene rings is 1. The summed E-state index contributed by atoms with van der Waals surface area (Å²) in [5.41, 5.74) is 3.08.